The van der Waals surface area contributed by atoms with E-state index in [4.69, 9.17) is 11.6 Å². The molecule has 1 aliphatic heterocycles. The summed E-state index contributed by atoms with van der Waals surface area (Å²) >= 11 is 7.08. The summed E-state index contributed by atoms with van der Waals surface area (Å²) < 4.78 is 0. The predicted octanol–water partition coefficient (Wildman–Crippen LogP) is 2.18. The molecule has 0 bridgehead atoms. The Hall–Kier alpha value is -1.99. The van der Waals surface area contributed by atoms with E-state index < -0.39 is 5.92 Å². The summed E-state index contributed by atoms with van der Waals surface area (Å²) in [5.74, 6) is -0.677. The highest BCUT2D eigenvalue weighted by Gasteiger charge is 2.35. The highest BCUT2D eigenvalue weighted by molar-refractivity contribution is 7.13. The molecule has 21 heavy (non-hydrogen) atoms. The fourth-order valence-electron chi connectivity index (χ4n) is 2.19. The fraction of sp³-hybridized carbons (Fsp3) is 0.231. The molecule has 1 N–H and O–H groups in total. The Morgan fingerprint density at radius 1 is 1.38 bits per heavy atom. The van der Waals surface area contributed by atoms with E-state index in [-0.39, 0.29) is 18.2 Å². The first kappa shape index (κ1) is 14.0. The number of hydrogen-bond acceptors (Lipinski definition) is 5. The van der Waals surface area contributed by atoms with Gasteiger partial charge in [-0.15, -0.1) is 10.2 Å². The number of rotatable bonds is 3. The van der Waals surface area contributed by atoms with Gasteiger partial charge in [0.25, 0.3) is 0 Å². The van der Waals surface area contributed by atoms with Crippen LogP contribution in [0.25, 0.3) is 0 Å². The average Bonchev–Trinajstić information content (AvgIpc) is 3.09. The molecule has 1 fully saturated rings. The van der Waals surface area contributed by atoms with Crippen LogP contribution in [0.15, 0.2) is 29.8 Å². The van der Waals surface area contributed by atoms with E-state index in [9.17, 15) is 9.59 Å². The van der Waals surface area contributed by atoms with Gasteiger partial charge in [0.05, 0.1) is 5.92 Å². The molecule has 108 valence electrons. The van der Waals surface area contributed by atoms with Crippen molar-refractivity contribution in [3.8, 4) is 0 Å². The van der Waals surface area contributed by atoms with Crippen molar-refractivity contribution in [2.24, 2.45) is 5.92 Å². The summed E-state index contributed by atoms with van der Waals surface area (Å²) in [7, 11) is 0. The maximum absolute atomic E-state index is 12.1. The zero-order valence-electron chi connectivity index (χ0n) is 10.8. The highest BCUT2D eigenvalue weighted by atomic mass is 35.5. The van der Waals surface area contributed by atoms with Crippen LogP contribution in [0.3, 0.4) is 0 Å². The number of carbonyl (C=O) groups excluding carboxylic acids is 2. The van der Waals surface area contributed by atoms with Crippen LogP contribution in [0.2, 0.25) is 5.02 Å². The van der Waals surface area contributed by atoms with Crippen molar-refractivity contribution in [2.45, 2.75) is 6.42 Å². The van der Waals surface area contributed by atoms with E-state index in [1.807, 2.05) is 0 Å². The third-order valence-electron chi connectivity index (χ3n) is 3.22. The molecule has 3 rings (SSSR count). The molecule has 1 atom stereocenters. The van der Waals surface area contributed by atoms with Gasteiger partial charge in [0.1, 0.15) is 5.51 Å². The number of nitrogens with zero attached hydrogens (tertiary/aromatic N) is 3. The lowest BCUT2D eigenvalue weighted by atomic mass is 10.1. The molecule has 1 saturated heterocycles. The van der Waals surface area contributed by atoms with E-state index in [0.717, 1.165) is 5.69 Å². The molecular formula is C13H11ClN4O2S. The van der Waals surface area contributed by atoms with Gasteiger partial charge < -0.3 is 10.2 Å². The first-order valence-electron chi connectivity index (χ1n) is 6.26. The quantitative estimate of drug-likeness (QED) is 0.939. The van der Waals surface area contributed by atoms with Gasteiger partial charge in [-0.1, -0.05) is 22.9 Å². The summed E-state index contributed by atoms with van der Waals surface area (Å²) in [5.41, 5.74) is 2.28. The minimum Gasteiger partial charge on any atom is -0.312 e. The Morgan fingerprint density at radius 3 is 2.81 bits per heavy atom. The lowest BCUT2D eigenvalue weighted by Gasteiger charge is -2.16. The van der Waals surface area contributed by atoms with E-state index >= 15 is 0 Å². The molecule has 2 amide bonds. The van der Waals surface area contributed by atoms with Crippen LogP contribution < -0.4 is 10.2 Å². The van der Waals surface area contributed by atoms with Crippen LogP contribution >= 0.6 is 22.9 Å². The summed E-state index contributed by atoms with van der Waals surface area (Å²) in [6, 6.07) is 6.98. The second-order valence-electron chi connectivity index (χ2n) is 4.61. The number of carbonyl (C=O) groups is 2. The van der Waals surface area contributed by atoms with Gasteiger partial charge in [-0.3, -0.25) is 9.59 Å². The Balaban J connectivity index is 1.69. The van der Waals surface area contributed by atoms with Crippen molar-refractivity contribution in [1.29, 1.82) is 0 Å². The largest absolute Gasteiger partial charge is 0.312 e. The third kappa shape index (κ3) is 3.03. The maximum Gasteiger partial charge on any atom is 0.231 e. The zero-order chi connectivity index (χ0) is 14.8. The monoisotopic (exact) mass is 322 g/mol. The molecule has 2 heterocycles. The second-order valence-corrected chi connectivity index (χ2v) is 5.88. The molecule has 0 radical (unpaired) electrons. The van der Waals surface area contributed by atoms with E-state index in [1.165, 1.54) is 16.8 Å². The Labute approximate surface area is 129 Å². The standard InChI is InChI=1S/C13H11ClN4O2S/c14-9-1-3-10(4-2-9)18-6-8(5-11(18)19)12(20)16-13-17-15-7-21-13/h1-4,7-8H,5-6H2,(H,16,17,20)/t8-/m0/s1. The SMILES string of the molecule is O=C(Nc1nncs1)[C@H]1CC(=O)N(c2ccc(Cl)cc2)C1. The molecule has 6 nitrogen and oxygen atoms in total. The molecule has 1 aromatic carbocycles. The Kier molecular flexibility index (Phi) is 3.85. The number of aromatic nitrogens is 2. The lowest BCUT2D eigenvalue weighted by molar-refractivity contribution is -0.122. The molecule has 2 aromatic rings. The summed E-state index contributed by atoms with van der Waals surface area (Å²) in [6.45, 7) is 0.352. The number of nitrogens with one attached hydrogen (secondary N) is 1. The van der Waals surface area contributed by atoms with Gasteiger partial charge in [-0.25, -0.2) is 0 Å². The van der Waals surface area contributed by atoms with Crippen LogP contribution in [0.4, 0.5) is 10.8 Å². The molecule has 1 aromatic heterocycles. The number of halogens is 1. The van der Waals surface area contributed by atoms with Crippen molar-refractivity contribution < 1.29 is 9.59 Å². The molecule has 0 aliphatic carbocycles. The van der Waals surface area contributed by atoms with E-state index in [2.05, 4.69) is 15.5 Å². The van der Waals surface area contributed by atoms with Crippen LogP contribution in [-0.2, 0) is 9.59 Å². The lowest BCUT2D eigenvalue weighted by Crippen LogP contribution is -2.28. The van der Waals surface area contributed by atoms with Crippen LogP contribution in [0.5, 0.6) is 0 Å². The second kappa shape index (κ2) is 5.79. The van der Waals surface area contributed by atoms with E-state index in [1.54, 1.807) is 29.2 Å². The topological polar surface area (TPSA) is 75.2 Å². The molecule has 0 saturated carbocycles. The van der Waals surface area contributed by atoms with E-state index in [0.29, 0.717) is 16.7 Å². The van der Waals surface area contributed by atoms with Crippen LogP contribution in [0, 0.1) is 5.92 Å². The average molecular weight is 323 g/mol. The number of anilines is 2. The van der Waals surface area contributed by atoms with Gasteiger partial charge in [0, 0.05) is 23.7 Å². The van der Waals surface area contributed by atoms with Crippen LogP contribution in [0.1, 0.15) is 6.42 Å². The zero-order valence-corrected chi connectivity index (χ0v) is 12.4. The number of hydrogen-bond donors (Lipinski definition) is 1. The molecular weight excluding hydrogens is 312 g/mol. The Morgan fingerprint density at radius 2 is 2.14 bits per heavy atom. The summed E-state index contributed by atoms with van der Waals surface area (Å²) in [5, 5.41) is 11.1. The molecule has 0 spiro atoms. The van der Waals surface area contributed by atoms with Crippen LogP contribution in [-0.4, -0.2) is 28.6 Å². The van der Waals surface area contributed by atoms with Gasteiger partial charge in [-0.2, -0.15) is 0 Å². The van der Waals surface area contributed by atoms with Crippen molar-refractivity contribution in [2.75, 3.05) is 16.8 Å². The van der Waals surface area contributed by atoms with Crippen molar-refractivity contribution >= 4 is 45.6 Å². The maximum atomic E-state index is 12.1. The van der Waals surface area contributed by atoms with Crippen molar-refractivity contribution in [3.05, 3.63) is 34.8 Å². The summed E-state index contributed by atoms with van der Waals surface area (Å²) in [6.07, 6.45) is 0.188. The van der Waals surface area contributed by atoms with Crippen molar-refractivity contribution in [3.63, 3.8) is 0 Å². The van der Waals surface area contributed by atoms with Gasteiger partial charge in [-0.05, 0) is 24.3 Å². The Bertz CT molecular complexity index is 659. The van der Waals surface area contributed by atoms with Gasteiger partial charge in [0.2, 0.25) is 16.9 Å². The smallest absolute Gasteiger partial charge is 0.231 e. The highest BCUT2D eigenvalue weighted by Crippen LogP contribution is 2.27. The third-order valence-corrected chi connectivity index (χ3v) is 4.08. The summed E-state index contributed by atoms with van der Waals surface area (Å²) in [4.78, 5) is 25.8. The van der Waals surface area contributed by atoms with Gasteiger partial charge in [0.15, 0.2) is 0 Å². The van der Waals surface area contributed by atoms with Gasteiger partial charge >= 0.3 is 0 Å². The minimum absolute atomic E-state index is 0.0743. The normalized spacial score (nSPS) is 18.0. The number of amides is 2. The van der Waals surface area contributed by atoms with Crippen molar-refractivity contribution in [1.82, 2.24) is 10.2 Å². The first-order chi connectivity index (χ1) is 10.1. The first-order valence-corrected chi connectivity index (χ1v) is 7.52. The fourth-order valence-corrected chi connectivity index (χ4v) is 2.76. The molecule has 1 aliphatic rings. The minimum atomic E-state index is -0.392. The number of benzene rings is 1. The predicted molar refractivity (Wildman–Crippen MR) is 80.5 cm³/mol. The molecule has 8 heteroatoms. The molecule has 0 unspecified atom stereocenters.